The number of thiophene rings is 1. The summed E-state index contributed by atoms with van der Waals surface area (Å²) in [5, 5.41) is 4.49. The predicted octanol–water partition coefficient (Wildman–Crippen LogP) is 3.08. The molecule has 0 aliphatic rings. The largest absolute Gasteiger partial charge is 0.343 e. The van der Waals surface area contributed by atoms with Gasteiger partial charge in [0, 0.05) is 18.8 Å². The van der Waals surface area contributed by atoms with E-state index >= 15 is 0 Å². The Kier molecular flexibility index (Phi) is 5.32. The summed E-state index contributed by atoms with van der Waals surface area (Å²) >= 11 is 1.31. The monoisotopic (exact) mass is 374 g/mol. The third kappa shape index (κ3) is 3.60. The van der Waals surface area contributed by atoms with E-state index in [1.807, 2.05) is 24.1 Å². The number of rotatable bonds is 6. The van der Waals surface area contributed by atoms with Crippen LogP contribution in [0, 0.1) is 5.82 Å². The van der Waals surface area contributed by atoms with Crippen LogP contribution in [0.4, 0.5) is 16.0 Å². The second kappa shape index (κ2) is 7.65. The number of halogens is 1. The molecule has 136 valence electrons. The number of hydrogen-bond donors (Lipinski definition) is 1. The molecule has 1 aromatic carbocycles. The van der Waals surface area contributed by atoms with E-state index < -0.39 is 0 Å². The summed E-state index contributed by atoms with van der Waals surface area (Å²) in [6.07, 6.45) is 0. The van der Waals surface area contributed by atoms with Crippen LogP contribution in [-0.2, 0) is 11.3 Å². The Balaban J connectivity index is 1.95. The third-order valence-corrected chi connectivity index (χ3v) is 4.91. The Labute approximate surface area is 153 Å². The maximum absolute atomic E-state index is 13.0. The van der Waals surface area contributed by atoms with Crippen LogP contribution < -0.4 is 15.8 Å². The minimum atomic E-state index is -0.379. The average molecular weight is 374 g/mol. The molecule has 0 atom stereocenters. The van der Waals surface area contributed by atoms with Gasteiger partial charge in [-0.1, -0.05) is 0 Å². The van der Waals surface area contributed by atoms with Gasteiger partial charge < -0.3 is 10.2 Å². The summed E-state index contributed by atoms with van der Waals surface area (Å²) < 4.78 is 14.9. The fraction of sp³-hybridized carbons (Fsp3) is 0.278. The van der Waals surface area contributed by atoms with Crippen molar-refractivity contribution in [3.05, 3.63) is 51.9 Å². The Bertz CT molecular complexity index is 977. The molecule has 0 unspecified atom stereocenters. The summed E-state index contributed by atoms with van der Waals surface area (Å²) in [4.78, 5) is 31.8. The summed E-state index contributed by atoms with van der Waals surface area (Å²) in [6.45, 7) is 5.10. The van der Waals surface area contributed by atoms with Crippen LogP contribution in [-0.4, -0.2) is 28.5 Å². The van der Waals surface area contributed by atoms with Crippen molar-refractivity contribution in [1.29, 1.82) is 0 Å². The number of nitrogens with zero attached hydrogens (tertiary/aromatic N) is 3. The average Bonchev–Trinajstić information content (AvgIpc) is 3.10. The first-order valence-corrected chi connectivity index (χ1v) is 9.19. The molecule has 0 spiro atoms. The summed E-state index contributed by atoms with van der Waals surface area (Å²) in [7, 11) is 0. The molecular weight excluding hydrogens is 355 g/mol. The van der Waals surface area contributed by atoms with Crippen molar-refractivity contribution in [3.63, 3.8) is 0 Å². The lowest BCUT2D eigenvalue weighted by Gasteiger charge is -2.23. The molecule has 26 heavy (non-hydrogen) atoms. The lowest BCUT2D eigenvalue weighted by molar-refractivity contribution is -0.116. The van der Waals surface area contributed by atoms with E-state index in [0.29, 0.717) is 34.9 Å². The SMILES string of the molecule is CCN(CC)c1nc2ccsc2c(=O)n1CC(=O)Nc1ccc(F)cc1. The molecule has 3 rings (SSSR count). The van der Waals surface area contributed by atoms with Crippen molar-refractivity contribution < 1.29 is 9.18 Å². The highest BCUT2D eigenvalue weighted by molar-refractivity contribution is 7.17. The Morgan fingerprint density at radius 3 is 2.58 bits per heavy atom. The number of aromatic nitrogens is 2. The molecule has 0 aliphatic heterocycles. The topological polar surface area (TPSA) is 67.2 Å². The van der Waals surface area contributed by atoms with E-state index in [1.165, 1.54) is 40.2 Å². The molecule has 3 aromatic rings. The van der Waals surface area contributed by atoms with Gasteiger partial charge >= 0.3 is 0 Å². The second-order valence-electron chi connectivity index (χ2n) is 5.67. The van der Waals surface area contributed by atoms with Crippen molar-refractivity contribution in [3.8, 4) is 0 Å². The fourth-order valence-electron chi connectivity index (χ4n) is 2.70. The van der Waals surface area contributed by atoms with Crippen molar-refractivity contribution in [2.75, 3.05) is 23.3 Å². The van der Waals surface area contributed by atoms with Crippen LogP contribution in [0.2, 0.25) is 0 Å². The lowest BCUT2D eigenvalue weighted by Crippen LogP contribution is -2.35. The smallest absolute Gasteiger partial charge is 0.273 e. The number of fused-ring (bicyclic) bond motifs is 1. The molecule has 0 radical (unpaired) electrons. The van der Waals surface area contributed by atoms with Crippen molar-refractivity contribution in [2.45, 2.75) is 20.4 Å². The van der Waals surface area contributed by atoms with Crippen LogP contribution >= 0.6 is 11.3 Å². The van der Waals surface area contributed by atoms with Gasteiger partial charge in [0.25, 0.3) is 5.56 Å². The molecule has 2 heterocycles. The van der Waals surface area contributed by atoms with Gasteiger partial charge in [-0.05, 0) is 49.6 Å². The fourth-order valence-corrected chi connectivity index (χ4v) is 3.48. The first kappa shape index (κ1) is 18.1. The molecular formula is C18H19FN4O2S. The zero-order chi connectivity index (χ0) is 18.7. The Morgan fingerprint density at radius 1 is 1.23 bits per heavy atom. The van der Waals surface area contributed by atoms with Crippen LogP contribution in [0.1, 0.15) is 13.8 Å². The van der Waals surface area contributed by atoms with Gasteiger partial charge in [-0.2, -0.15) is 0 Å². The predicted molar refractivity (Wildman–Crippen MR) is 102 cm³/mol. The number of carbonyl (C=O) groups is 1. The molecule has 8 heteroatoms. The molecule has 0 fully saturated rings. The van der Waals surface area contributed by atoms with Crippen LogP contribution in [0.15, 0.2) is 40.5 Å². The number of amides is 1. The number of hydrogen-bond acceptors (Lipinski definition) is 5. The minimum Gasteiger partial charge on any atom is -0.343 e. The van der Waals surface area contributed by atoms with E-state index in [2.05, 4.69) is 10.3 Å². The standard InChI is InChI=1S/C18H19FN4O2S/c1-3-22(4-2)18-21-14-9-10-26-16(14)17(25)23(18)11-15(24)20-13-7-5-12(19)6-8-13/h5-10H,3-4,11H2,1-2H3,(H,20,24). The van der Waals surface area contributed by atoms with Gasteiger partial charge in [0.1, 0.15) is 17.1 Å². The maximum atomic E-state index is 13.0. The maximum Gasteiger partial charge on any atom is 0.273 e. The van der Waals surface area contributed by atoms with Gasteiger partial charge in [-0.3, -0.25) is 14.2 Å². The Morgan fingerprint density at radius 2 is 1.92 bits per heavy atom. The molecule has 6 nitrogen and oxygen atoms in total. The number of anilines is 2. The van der Waals surface area contributed by atoms with Gasteiger partial charge in [0.2, 0.25) is 11.9 Å². The van der Waals surface area contributed by atoms with Crippen molar-refractivity contribution >= 4 is 39.1 Å². The number of carbonyl (C=O) groups excluding carboxylic acids is 1. The molecule has 1 N–H and O–H groups in total. The molecule has 0 aliphatic carbocycles. The highest BCUT2D eigenvalue weighted by atomic mass is 32.1. The zero-order valence-electron chi connectivity index (χ0n) is 14.5. The summed E-state index contributed by atoms with van der Waals surface area (Å²) in [6, 6.07) is 7.28. The quantitative estimate of drug-likeness (QED) is 0.720. The van der Waals surface area contributed by atoms with E-state index in [1.54, 1.807) is 6.07 Å². The van der Waals surface area contributed by atoms with Gasteiger partial charge in [0.05, 0.1) is 5.52 Å². The number of nitrogens with one attached hydrogen (secondary N) is 1. The van der Waals surface area contributed by atoms with E-state index in [-0.39, 0.29) is 23.8 Å². The minimum absolute atomic E-state index is 0.164. The number of benzene rings is 1. The van der Waals surface area contributed by atoms with Gasteiger partial charge in [-0.25, -0.2) is 9.37 Å². The van der Waals surface area contributed by atoms with Gasteiger partial charge in [-0.15, -0.1) is 11.3 Å². The first-order chi connectivity index (χ1) is 12.5. The summed E-state index contributed by atoms with van der Waals surface area (Å²) in [5.74, 6) is -0.277. The van der Waals surface area contributed by atoms with Crippen molar-refractivity contribution in [2.24, 2.45) is 0 Å². The first-order valence-electron chi connectivity index (χ1n) is 8.31. The second-order valence-corrected chi connectivity index (χ2v) is 6.58. The molecule has 0 saturated heterocycles. The van der Waals surface area contributed by atoms with Gasteiger partial charge in [0.15, 0.2) is 0 Å². The molecule has 0 saturated carbocycles. The van der Waals surface area contributed by atoms with E-state index in [0.717, 1.165) is 0 Å². The van der Waals surface area contributed by atoms with E-state index in [4.69, 9.17) is 0 Å². The molecule has 1 amide bonds. The van der Waals surface area contributed by atoms with Crippen LogP contribution in [0.5, 0.6) is 0 Å². The Hall–Kier alpha value is -2.74. The summed E-state index contributed by atoms with van der Waals surface area (Å²) in [5.41, 5.74) is 0.872. The van der Waals surface area contributed by atoms with E-state index in [9.17, 15) is 14.0 Å². The highest BCUT2D eigenvalue weighted by Gasteiger charge is 2.18. The molecule has 2 aromatic heterocycles. The lowest BCUT2D eigenvalue weighted by atomic mass is 10.3. The van der Waals surface area contributed by atoms with Crippen LogP contribution in [0.3, 0.4) is 0 Å². The third-order valence-electron chi connectivity index (χ3n) is 4.02. The van der Waals surface area contributed by atoms with Crippen molar-refractivity contribution in [1.82, 2.24) is 9.55 Å². The highest BCUT2D eigenvalue weighted by Crippen LogP contribution is 2.19. The normalized spacial score (nSPS) is 10.9. The zero-order valence-corrected chi connectivity index (χ0v) is 15.3. The molecule has 0 bridgehead atoms. The van der Waals surface area contributed by atoms with Crippen LogP contribution in [0.25, 0.3) is 10.2 Å².